The van der Waals surface area contributed by atoms with Crippen LogP contribution in [0.2, 0.25) is 0 Å². The summed E-state index contributed by atoms with van der Waals surface area (Å²) in [5.74, 6) is 2.22. The zero-order valence-corrected chi connectivity index (χ0v) is 4.56. The first kappa shape index (κ1) is 3.94. The van der Waals surface area contributed by atoms with Gasteiger partial charge >= 0.3 is 0 Å². The molecule has 2 aliphatic carbocycles. The highest BCUT2D eigenvalue weighted by molar-refractivity contribution is 5.00. The number of hydrogen-bond donors (Lipinski definition) is 0. The Morgan fingerprint density at radius 2 is 2.00 bits per heavy atom. The molecule has 0 spiro atoms. The minimum absolute atomic E-state index is 1.08. The van der Waals surface area contributed by atoms with Crippen molar-refractivity contribution >= 4 is 0 Å². The van der Waals surface area contributed by atoms with Crippen LogP contribution in [0.3, 0.4) is 0 Å². The second-order valence-corrected chi connectivity index (χ2v) is 2.83. The summed E-state index contributed by atoms with van der Waals surface area (Å²) in [4.78, 5) is 0. The molecule has 1 radical (unpaired) electrons. The maximum Gasteiger partial charge on any atom is -0.0349 e. The third-order valence-corrected chi connectivity index (χ3v) is 2.26. The monoisotopic (exact) mass is 95.1 g/mol. The fourth-order valence-electron chi connectivity index (χ4n) is 1.33. The third-order valence-electron chi connectivity index (χ3n) is 2.26. The Balaban J connectivity index is 1.83. The van der Waals surface area contributed by atoms with Gasteiger partial charge in [0.05, 0.1) is 0 Å². The van der Waals surface area contributed by atoms with E-state index in [1.807, 2.05) is 0 Å². The molecular formula is C7H11. The summed E-state index contributed by atoms with van der Waals surface area (Å²) in [6.45, 7) is 0. The topological polar surface area (TPSA) is 0 Å². The van der Waals surface area contributed by atoms with E-state index >= 15 is 0 Å². The van der Waals surface area contributed by atoms with Crippen LogP contribution in [0.1, 0.15) is 25.7 Å². The van der Waals surface area contributed by atoms with Crippen LogP contribution in [-0.2, 0) is 0 Å². The lowest BCUT2D eigenvalue weighted by Gasteiger charge is -2.24. The van der Waals surface area contributed by atoms with Gasteiger partial charge in [0.2, 0.25) is 0 Å². The quantitative estimate of drug-likeness (QED) is 0.467. The first-order valence-corrected chi connectivity index (χ1v) is 3.30. The molecule has 1 atom stereocenters. The molecule has 2 saturated carbocycles. The zero-order valence-electron chi connectivity index (χ0n) is 4.56. The molecule has 0 aliphatic heterocycles. The van der Waals surface area contributed by atoms with Crippen molar-refractivity contribution in [1.82, 2.24) is 0 Å². The summed E-state index contributed by atoms with van der Waals surface area (Å²) in [6, 6.07) is 0. The van der Waals surface area contributed by atoms with Crippen molar-refractivity contribution in [2.24, 2.45) is 11.8 Å². The van der Waals surface area contributed by atoms with Gasteiger partial charge in [-0.2, -0.15) is 0 Å². The van der Waals surface area contributed by atoms with Crippen LogP contribution >= 0.6 is 0 Å². The molecule has 0 heterocycles. The first-order valence-electron chi connectivity index (χ1n) is 3.30. The van der Waals surface area contributed by atoms with Crippen molar-refractivity contribution < 1.29 is 0 Å². The van der Waals surface area contributed by atoms with Gasteiger partial charge in [0, 0.05) is 0 Å². The molecule has 0 bridgehead atoms. The van der Waals surface area contributed by atoms with Crippen LogP contribution in [0.4, 0.5) is 0 Å². The maximum atomic E-state index is 2.45. The van der Waals surface area contributed by atoms with E-state index in [2.05, 4.69) is 6.42 Å². The van der Waals surface area contributed by atoms with E-state index in [4.69, 9.17) is 0 Å². The Labute approximate surface area is 44.9 Å². The van der Waals surface area contributed by atoms with E-state index in [0.29, 0.717) is 0 Å². The summed E-state index contributed by atoms with van der Waals surface area (Å²) in [5.41, 5.74) is 0. The Morgan fingerprint density at radius 1 is 1.29 bits per heavy atom. The van der Waals surface area contributed by atoms with Gasteiger partial charge in [0.15, 0.2) is 0 Å². The molecule has 0 aromatic rings. The highest BCUT2D eigenvalue weighted by Gasteiger charge is 2.34. The summed E-state index contributed by atoms with van der Waals surface area (Å²) in [6.07, 6.45) is 8.45. The Bertz CT molecular complexity index is 68.1. The van der Waals surface area contributed by atoms with E-state index in [1.165, 1.54) is 25.7 Å². The lowest BCUT2D eigenvalue weighted by atomic mass is 9.82. The van der Waals surface area contributed by atoms with Crippen LogP contribution in [0, 0.1) is 18.3 Å². The average Bonchev–Trinajstić information content (AvgIpc) is 2.10. The van der Waals surface area contributed by atoms with Gasteiger partial charge < -0.3 is 0 Å². The zero-order chi connectivity index (χ0) is 4.69. The van der Waals surface area contributed by atoms with Gasteiger partial charge in [0.1, 0.15) is 0 Å². The second kappa shape index (κ2) is 1.24. The van der Waals surface area contributed by atoms with Crippen molar-refractivity contribution in [3.05, 3.63) is 6.42 Å². The predicted molar refractivity (Wildman–Crippen MR) is 29.7 cm³/mol. The molecule has 2 rings (SSSR count). The standard InChI is InChI=1S/C7H11/c1-2-6(3-1)7-4-5-7/h4,6-7H,1-3,5H2. The summed E-state index contributed by atoms with van der Waals surface area (Å²) in [7, 11) is 0. The lowest BCUT2D eigenvalue weighted by Crippen LogP contribution is -2.12. The number of rotatable bonds is 1. The van der Waals surface area contributed by atoms with Crippen LogP contribution in [0.15, 0.2) is 0 Å². The molecule has 1 unspecified atom stereocenters. The van der Waals surface area contributed by atoms with Crippen LogP contribution in [0.25, 0.3) is 0 Å². The Morgan fingerprint density at radius 3 is 2.14 bits per heavy atom. The molecule has 0 heteroatoms. The molecule has 0 aromatic heterocycles. The molecule has 2 fully saturated rings. The normalized spacial score (nSPS) is 32.6. The van der Waals surface area contributed by atoms with Crippen LogP contribution < -0.4 is 0 Å². The molecule has 0 N–H and O–H groups in total. The van der Waals surface area contributed by atoms with Gasteiger partial charge in [-0.3, -0.25) is 0 Å². The molecule has 0 aromatic carbocycles. The maximum absolute atomic E-state index is 2.45. The fraction of sp³-hybridized carbons (Fsp3) is 0.857. The SMILES string of the molecule is [CH]1CC1C1CCC1. The Kier molecular flexibility index (Phi) is 0.697. The van der Waals surface area contributed by atoms with Crippen molar-refractivity contribution in [2.75, 3.05) is 0 Å². The molecule has 7 heavy (non-hydrogen) atoms. The smallest absolute Gasteiger partial charge is 0.0349 e. The van der Waals surface area contributed by atoms with Crippen molar-refractivity contribution in [2.45, 2.75) is 25.7 Å². The van der Waals surface area contributed by atoms with Gasteiger partial charge in [0.25, 0.3) is 0 Å². The summed E-state index contributed by atoms with van der Waals surface area (Å²) in [5, 5.41) is 0. The van der Waals surface area contributed by atoms with Crippen LogP contribution in [-0.4, -0.2) is 0 Å². The third kappa shape index (κ3) is 0.568. The highest BCUT2D eigenvalue weighted by atomic mass is 14.4. The molecule has 0 saturated heterocycles. The van der Waals surface area contributed by atoms with E-state index < -0.39 is 0 Å². The van der Waals surface area contributed by atoms with Gasteiger partial charge in [-0.05, 0) is 24.7 Å². The van der Waals surface area contributed by atoms with Crippen molar-refractivity contribution in [3.63, 3.8) is 0 Å². The van der Waals surface area contributed by atoms with Crippen molar-refractivity contribution in [1.29, 1.82) is 0 Å². The summed E-state index contributed by atoms with van der Waals surface area (Å²) < 4.78 is 0. The van der Waals surface area contributed by atoms with E-state index in [-0.39, 0.29) is 0 Å². The molecule has 0 nitrogen and oxygen atoms in total. The van der Waals surface area contributed by atoms with Crippen molar-refractivity contribution in [3.8, 4) is 0 Å². The largest absolute Gasteiger partial charge is 0.0528 e. The van der Waals surface area contributed by atoms with E-state index in [1.54, 1.807) is 0 Å². The molecule has 39 valence electrons. The predicted octanol–water partition coefficient (Wildman–Crippen LogP) is 2.01. The Hall–Kier alpha value is 0. The highest BCUT2D eigenvalue weighted by Crippen LogP contribution is 2.45. The number of hydrogen-bond acceptors (Lipinski definition) is 0. The first-order chi connectivity index (χ1) is 3.47. The molecule has 0 amide bonds. The van der Waals surface area contributed by atoms with Gasteiger partial charge in [-0.15, -0.1) is 0 Å². The minimum Gasteiger partial charge on any atom is -0.0528 e. The fourth-order valence-corrected chi connectivity index (χ4v) is 1.33. The average molecular weight is 95.2 g/mol. The van der Waals surface area contributed by atoms with Gasteiger partial charge in [-0.1, -0.05) is 19.3 Å². The van der Waals surface area contributed by atoms with E-state index in [0.717, 1.165) is 11.8 Å². The van der Waals surface area contributed by atoms with E-state index in [9.17, 15) is 0 Å². The lowest BCUT2D eigenvalue weighted by molar-refractivity contribution is 0.284. The van der Waals surface area contributed by atoms with Gasteiger partial charge in [-0.25, -0.2) is 0 Å². The summed E-state index contributed by atoms with van der Waals surface area (Å²) >= 11 is 0. The molecular weight excluding hydrogens is 84.1 g/mol. The minimum atomic E-state index is 1.08. The second-order valence-electron chi connectivity index (χ2n) is 2.83. The molecule has 2 aliphatic rings. The van der Waals surface area contributed by atoms with Crippen LogP contribution in [0.5, 0.6) is 0 Å².